The molecule has 1 aromatic carbocycles. The number of benzene rings is 1. The van der Waals surface area contributed by atoms with E-state index in [4.69, 9.17) is 10.5 Å². The minimum atomic E-state index is -1.22. The summed E-state index contributed by atoms with van der Waals surface area (Å²) in [5, 5.41) is 0. The number of ether oxygens (including phenoxy) is 1. The third-order valence-corrected chi connectivity index (χ3v) is 3.11. The van der Waals surface area contributed by atoms with Gasteiger partial charge in [0.25, 0.3) is 0 Å². The SMILES string of the molecule is COc1ccc(N2CCC(F)(CN)C2)cc1. The first-order valence-electron chi connectivity index (χ1n) is 5.45. The molecule has 1 aliphatic rings. The zero-order chi connectivity index (χ0) is 11.6. The molecule has 0 radical (unpaired) electrons. The van der Waals surface area contributed by atoms with Crippen LogP contribution in [0.2, 0.25) is 0 Å². The van der Waals surface area contributed by atoms with E-state index in [1.807, 2.05) is 29.2 Å². The maximum Gasteiger partial charge on any atom is 0.142 e. The Kier molecular flexibility index (Phi) is 3.01. The Morgan fingerprint density at radius 2 is 2.12 bits per heavy atom. The van der Waals surface area contributed by atoms with Crippen molar-refractivity contribution in [1.29, 1.82) is 0 Å². The maximum absolute atomic E-state index is 13.9. The monoisotopic (exact) mass is 224 g/mol. The summed E-state index contributed by atoms with van der Waals surface area (Å²) >= 11 is 0. The molecule has 0 bridgehead atoms. The van der Waals surface area contributed by atoms with Crippen molar-refractivity contribution in [3.05, 3.63) is 24.3 Å². The Morgan fingerprint density at radius 3 is 2.62 bits per heavy atom. The van der Waals surface area contributed by atoms with Crippen molar-refractivity contribution in [2.24, 2.45) is 5.73 Å². The number of nitrogens with two attached hydrogens (primary N) is 1. The van der Waals surface area contributed by atoms with Crippen LogP contribution >= 0.6 is 0 Å². The van der Waals surface area contributed by atoms with Crippen LogP contribution in [0.1, 0.15) is 6.42 Å². The Hall–Kier alpha value is -1.29. The third kappa shape index (κ3) is 2.11. The van der Waals surface area contributed by atoms with Crippen LogP contribution in [-0.2, 0) is 0 Å². The van der Waals surface area contributed by atoms with Gasteiger partial charge in [0.1, 0.15) is 11.4 Å². The fraction of sp³-hybridized carbons (Fsp3) is 0.500. The Labute approximate surface area is 95.0 Å². The molecule has 0 aromatic heterocycles. The molecule has 1 fully saturated rings. The van der Waals surface area contributed by atoms with E-state index in [2.05, 4.69) is 0 Å². The number of rotatable bonds is 3. The van der Waals surface area contributed by atoms with Crippen LogP contribution in [0.15, 0.2) is 24.3 Å². The molecule has 1 heterocycles. The van der Waals surface area contributed by atoms with E-state index in [-0.39, 0.29) is 6.54 Å². The lowest BCUT2D eigenvalue weighted by molar-refractivity contribution is 0.204. The highest BCUT2D eigenvalue weighted by atomic mass is 19.1. The van der Waals surface area contributed by atoms with E-state index in [0.29, 0.717) is 13.0 Å². The fourth-order valence-corrected chi connectivity index (χ4v) is 2.02. The van der Waals surface area contributed by atoms with Gasteiger partial charge in [-0.05, 0) is 24.3 Å². The highest BCUT2D eigenvalue weighted by molar-refractivity contribution is 5.50. The van der Waals surface area contributed by atoms with Gasteiger partial charge in [-0.15, -0.1) is 0 Å². The number of halogens is 1. The van der Waals surface area contributed by atoms with Crippen molar-refractivity contribution in [3.63, 3.8) is 0 Å². The van der Waals surface area contributed by atoms with Gasteiger partial charge in [0.05, 0.1) is 13.7 Å². The minimum Gasteiger partial charge on any atom is -0.497 e. The topological polar surface area (TPSA) is 38.5 Å². The molecule has 1 saturated heterocycles. The standard InChI is InChI=1S/C12H17FN2O/c1-16-11-4-2-10(3-5-11)15-7-6-12(13,8-14)9-15/h2-5H,6-9,14H2,1H3. The Bertz CT molecular complexity index is 355. The van der Waals surface area contributed by atoms with Gasteiger partial charge in [0, 0.05) is 25.2 Å². The van der Waals surface area contributed by atoms with Crippen LogP contribution in [0.5, 0.6) is 5.75 Å². The first kappa shape index (κ1) is 11.2. The molecule has 0 amide bonds. The van der Waals surface area contributed by atoms with Crippen LogP contribution in [-0.4, -0.2) is 32.4 Å². The van der Waals surface area contributed by atoms with E-state index >= 15 is 0 Å². The van der Waals surface area contributed by atoms with E-state index < -0.39 is 5.67 Å². The van der Waals surface area contributed by atoms with E-state index in [0.717, 1.165) is 18.0 Å². The summed E-state index contributed by atoms with van der Waals surface area (Å²) in [5.74, 6) is 0.813. The van der Waals surface area contributed by atoms with Crippen molar-refractivity contribution < 1.29 is 9.13 Å². The zero-order valence-corrected chi connectivity index (χ0v) is 9.45. The van der Waals surface area contributed by atoms with Crippen molar-refractivity contribution in [2.45, 2.75) is 12.1 Å². The van der Waals surface area contributed by atoms with Gasteiger partial charge in [-0.1, -0.05) is 0 Å². The molecule has 0 spiro atoms. The third-order valence-electron chi connectivity index (χ3n) is 3.11. The van der Waals surface area contributed by atoms with Gasteiger partial charge in [-0.3, -0.25) is 0 Å². The second kappa shape index (κ2) is 4.29. The van der Waals surface area contributed by atoms with E-state index in [1.165, 1.54) is 0 Å². The highest BCUT2D eigenvalue weighted by Crippen LogP contribution is 2.29. The van der Waals surface area contributed by atoms with Gasteiger partial charge in [0.15, 0.2) is 0 Å². The van der Waals surface area contributed by atoms with E-state index in [9.17, 15) is 4.39 Å². The van der Waals surface area contributed by atoms with Gasteiger partial charge in [0.2, 0.25) is 0 Å². The lowest BCUT2D eigenvalue weighted by atomic mass is 10.1. The van der Waals surface area contributed by atoms with Crippen LogP contribution < -0.4 is 15.4 Å². The van der Waals surface area contributed by atoms with Crippen molar-refractivity contribution in [1.82, 2.24) is 0 Å². The van der Waals surface area contributed by atoms with Gasteiger partial charge < -0.3 is 15.4 Å². The molecule has 1 atom stereocenters. The van der Waals surface area contributed by atoms with Crippen molar-refractivity contribution in [3.8, 4) is 5.75 Å². The lowest BCUT2D eigenvalue weighted by Gasteiger charge is -2.21. The molecule has 2 rings (SSSR count). The van der Waals surface area contributed by atoms with E-state index in [1.54, 1.807) is 7.11 Å². The summed E-state index contributed by atoms with van der Waals surface area (Å²) in [5.41, 5.74) is 5.23. The number of alkyl halides is 1. The molecule has 0 aliphatic carbocycles. The Morgan fingerprint density at radius 1 is 1.44 bits per heavy atom. The van der Waals surface area contributed by atoms with Gasteiger partial charge >= 0.3 is 0 Å². The zero-order valence-electron chi connectivity index (χ0n) is 9.45. The fourth-order valence-electron chi connectivity index (χ4n) is 2.02. The average Bonchev–Trinajstić information content (AvgIpc) is 2.73. The lowest BCUT2D eigenvalue weighted by Crippen LogP contribution is -2.36. The largest absolute Gasteiger partial charge is 0.497 e. The predicted molar refractivity (Wildman–Crippen MR) is 62.7 cm³/mol. The van der Waals surface area contributed by atoms with Gasteiger partial charge in [-0.25, -0.2) is 4.39 Å². The maximum atomic E-state index is 13.9. The number of hydrogen-bond donors (Lipinski definition) is 1. The molecular weight excluding hydrogens is 207 g/mol. The molecule has 1 aliphatic heterocycles. The molecule has 2 N–H and O–H groups in total. The predicted octanol–water partition coefficient (Wildman–Crippen LogP) is 1.57. The molecule has 1 unspecified atom stereocenters. The highest BCUT2D eigenvalue weighted by Gasteiger charge is 2.36. The summed E-state index contributed by atoms with van der Waals surface area (Å²) in [4.78, 5) is 2.02. The number of methoxy groups -OCH3 is 1. The molecule has 16 heavy (non-hydrogen) atoms. The van der Waals surface area contributed by atoms with Crippen molar-refractivity contribution in [2.75, 3.05) is 31.6 Å². The first-order chi connectivity index (χ1) is 7.67. The molecule has 4 heteroatoms. The number of anilines is 1. The normalized spacial score (nSPS) is 24.8. The molecular formula is C12H17FN2O. The smallest absolute Gasteiger partial charge is 0.142 e. The number of nitrogens with zero attached hydrogens (tertiary/aromatic N) is 1. The summed E-state index contributed by atoms with van der Waals surface area (Å²) < 4.78 is 19.0. The molecule has 0 saturated carbocycles. The van der Waals surface area contributed by atoms with Crippen LogP contribution in [0.25, 0.3) is 0 Å². The summed E-state index contributed by atoms with van der Waals surface area (Å²) in [6.45, 7) is 1.20. The van der Waals surface area contributed by atoms with Crippen LogP contribution in [0.4, 0.5) is 10.1 Å². The Balaban J connectivity index is 2.08. The van der Waals surface area contributed by atoms with Crippen molar-refractivity contribution >= 4 is 5.69 Å². The first-order valence-corrected chi connectivity index (χ1v) is 5.45. The van der Waals surface area contributed by atoms with Crippen LogP contribution in [0.3, 0.4) is 0 Å². The van der Waals surface area contributed by atoms with Crippen LogP contribution in [0, 0.1) is 0 Å². The summed E-state index contributed by atoms with van der Waals surface area (Å²) in [6.07, 6.45) is 0.509. The average molecular weight is 224 g/mol. The molecule has 3 nitrogen and oxygen atoms in total. The minimum absolute atomic E-state index is 0.0969. The second-order valence-corrected chi connectivity index (χ2v) is 4.22. The quantitative estimate of drug-likeness (QED) is 0.847. The second-order valence-electron chi connectivity index (χ2n) is 4.22. The number of hydrogen-bond acceptors (Lipinski definition) is 3. The van der Waals surface area contributed by atoms with Gasteiger partial charge in [-0.2, -0.15) is 0 Å². The summed E-state index contributed by atoms with van der Waals surface area (Å²) in [7, 11) is 1.63. The molecule has 88 valence electrons. The summed E-state index contributed by atoms with van der Waals surface area (Å²) in [6, 6.07) is 7.66. The molecule has 1 aromatic rings.